The van der Waals surface area contributed by atoms with Crippen molar-refractivity contribution < 1.29 is 9.53 Å². The van der Waals surface area contributed by atoms with Crippen molar-refractivity contribution in [2.24, 2.45) is 0 Å². The fraction of sp³-hybridized carbons (Fsp3) is 0.450. The minimum absolute atomic E-state index is 0.0196. The lowest BCUT2D eigenvalue weighted by atomic mass is 10.1. The molecule has 144 valence electrons. The summed E-state index contributed by atoms with van der Waals surface area (Å²) in [7, 11) is 0. The van der Waals surface area contributed by atoms with Gasteiger partial charge < -0.3 is 15.0 Å². The summed E-state index contributed by atoms with van der Waals surface area (Å²) in [6, 6.07) is 9.63. The summed E-state index contributed by atoms with van der Waals surface area (Å²) < 4.78 is 6.74. The molecule has 2 heterocycles. The first-order valence-electron chi connectivity index (χ1n) is 9.35. The summed E-state index contributed by atoms with van der Waals surface area (Å²) in [5.74, 6) is 2.17. The summed E-state index contributed by atoms with van der Waals surface area (Å²) in [5.41, 5.74) is 0.981. The Bertz CT molecular complexity index is 761. The zero-order valence-corrected chi connectivity index (χ0v) is 17.2. The highest BCUT2D eigenvalue weighted by atomic mass is 79.9. The van der Waals surface area contributed by atoms with Crippen molar-refractivity contribution in [3.8, 4) is 5.88 Å². The van der Waals surface area contributed by atoms with Crippen molar-refractivity contribution in [1.29, 1.82) is 0 Å². The number of ether oxygens (including phenoxy) is 1. The molecule has 0 atom stereocenters. The van der Waals surface area contributed by atoms with E-state index in [4.69, 9.17) is 4.74 Å². The van der Waals surface area contributed by atoms with Gasteiger partial charge in [0.1, 0.15) is 18.2 Å². The third kappa shape index (κ3) is 6.20. The summed E-state index contributed by atoms with van der Waals surface area (Å²) in [4.78, 5) is 23.2. The molecule has 0 unspecified atom stereocenters. The lowest BCUT2D eigenvalue weighted by Crippen LogP contribution is -2.31. The number of hydrogen-bond donors (Lipinski definition) is 1. The van der Waals surface area contributed by atoms with Gasteiger partial charge in [-0.15, -0.1) is 0 Å². The lowest BCUT2D eigenvalue weighted by Gasteiger charge is -2.28. The third-order valence-corrected chi connectivity index (χ3v) is 4.96. The monoisotopic (exact) mass is 432 g/mol. The number of benzene rings is 1. The first kappa shape index (κ1) is 19.6. The summed E-state index contributed by atoms with van der Waals surface area (Å²) >= 11 is 3.39. The number of carbonyl (C=O) groups is 1. The van der Waals surface area contributed by atoms with Gasteiger partial charge >= 0.3 is 0 Å². The zero-order chi connectivity index (χ0) is 19.1. The number of nitrogens with one attached hydrogen (secondary N) is 1. The molecule has 1 aromatic heterocycles. The number of carbonyl (C=O) groups excluding carboxylic acids is 1. The molecule has 1 aromatic carbocycles. The van der Waals surface area contributed by atoms with E-state index in [1.807, 2.05) is 37.3 Å². The van der Waals surface area contributed by atoms with Crippen LogP contribution in [0.15, 0.2) is 34.8 Å². The maximum absolute atomic E-state index is 12.0. The molecule has 0 spiro atoms. The number of hydrogen-bond acceptors (Lipinski definition) is 5. The van der Waals surface area contributed by atoms with Gasteiger partial charge in [-0.05, 0) is 43.9 Å². The normalized spacial score (nSPS) is 14.1. The van der Waals surface area contributed by atoms with Crippen LogP contribution in [0.2, 0.25) is 0 Å². The van der Waals surface area contributed by atoms with Gasteiger partial charge in [0.15, 0.2) is 0 Å². The van der Waals surface area contributed by atoms with Gasteiger partial charge in [-0.2, -0.15) is 4.98 Å². The predicted molar refractivity (Wildman–Crippen MR) is 109 cm³/mol. The van der Waals surface area contributed by atoms with Crippen LogP contribution < -0.4 is 15.0 Å². The molecule has 3 rings (SSSR count). The highest BCUT2D eigenvalue weighted by Gasteiger charge is 2.14. The highest BCUT2D eigenvalue weighted by molar-refractivity contribution is 9.10. The second-order valence-corrected chi connectivity index (χ2v) is 7.58. The molecule has 0 aliphatic carbocycles. The van der Waals surface area contributed by atoms with Crippen LogP contribution in [-0.4, -0.2) is 42.1 Å². The highest BCUT2D eigenvalue weighted by Crippen LogP contribution is 2.21. The number of rotatable bonds is 7. The molecule has 1 aliphatic rings. The van der Waals surface area contributed by atoms with Gasteiger partial charge in [0.2, 0.25) is 11.8 Å². The molecule has 1 aliphatic heterocycles. The number of piperidine rings is 1. The standard InChI is InChI=1S/C20H25BrN4O2/c1-15-23-18(25-10-3-2-4-11-25)14-20(24-15)27-12-9-22-19(26)13-16-5-7-17(21)8-6-16/h5-8,14H,2-4,9-13H2,1H3,(H,22,26). The molecule has 1 fully saturated rings. The Hall–Kier alpha value is -2.15. The van der Waals surface area contributed by atoms with Crippen LogP contribution in [0.3, 0.4) is 0 Å². The minimum atomic E-state index is -0.0196. The third-order valence-electron chi connectivity index (χ3n) is 4.43. The maximum Gasteiger partial charge on any atom is 0.224 e. The average molecular weight is 433 g/mol. The smallest absolute Gasteiger partial charge is 0.224 e. The van der Waals surface area contributed by atoms with E-state index in [0.29, 0.717) is 31.3 Å². The Morgan fingerprint density at radius 3 is 2.67 bits per heavy atom. The minimum Gasteiger partial charge on any atom is -0.476 e. The number of aromatic nitrogens is 2. The van der Waals surface area contributed by atoms with Gasteiger partial charge in [0.05, 0.1) is 13.0 Å². The molecule has 7 heteroatoms. The average Bonchev–Trinajstić information content (AvgIpc) is 2.67. The fourth-order valence-electron chi connectivity index (χ4n) is 3.08. The lowest BCUT2D eigenvalue weighted by molar-refractivity contribution is -0.120. The quantitative estimate of drug-likeness (QED) is 0.679. The molecule has 27 heavy (non-hydrogen) atoms. The van der Waals surface area contributed by atoms with Gasteiger partial charge in [0, 0.05) is 23.6 Å². The maximum atomic E-state index is 12.0. The Morgan fingerprint density at radius 1 is 1.19 bits per heavy atom. The Balaban J connectivity index is 1.45. The zero-order valence-electron chi connectivity index (χ0n) is 15.6. The van der Waals surface area contributed by atoms with Crippen LogP contribution in [0.5, 0.6) is 5.88 Å². The molecular weight excluding hydrogens is 408 g/mol. The Labute approximate surface area is 168 Å². The molecule has 0 saturated carbocycles. The van der Waals surface area contributed by atoms with Gasteiger partial charge in [-0.3, -0.25) is 4.79 Å². The van der Waals surface area contributed by atoms with Crippen LogP contribution >= 0.6 is 15.9 Å². The fourth-order valence-corrected chi connectivity index (χ4v) is 3.34. The first-order chi connectivity index (χ1) is 13.1. The van der Waals surface area contributed by atoms with E-state index in [9.17, 15) is 4.79 Å². The first-order valence-corrected chi connectivity index (χ1v) is 10.1. The molecular formula is C20H25BrN4O2. The van der Waals surface area contributed by atoms with E-state index in [1.165, 1.54) is 19.3 Å². The SMILES string of the molecule is Cc1nc(OCCNC(=O)Cc2ccc(Br)cc2)cc(N2CCCCC2)n1. The van der Waals surface area contributed by atoms with E-state index in [2.05, 4.69) is 36.1 Å². The van der Waals surface area contributed by atoms with Crippen molar-refractivity contribution in [3.05, 3.63) is 46.2 Å². The van der Waals surface area contributed by atoms with Crippen LogP contribution in [0, 0.1) is 6.92 Å². The number of halogens is 1. The van der Waals surface area contributed by atoms with E-state index in [-0.39, 0.29) is 5.91 Å². The van der Waals surface area contributed by atoms with Crippen molar-refractivity contribution in [2.75, 3.05) is 31.1 Å². The summed E-state index contributed by atoms with van der Waals surface area (Å²) in [5, 5.41) is 2.88. The largest absolute Gasteiger partial charge is 0.476 e. The molecule has 6 nitrogen and oxygen atoms in total. The molecule has 1 amide bonds. The van der Waals surface area contributed by atoms with Crippen molar-refractivity contribution in [1.82, 2.24) is 15.3 Å². The molecule has 0 bridgehead atoms. The van der Waals surface area contributed by atoms with Crippen molar-refractivity contribution in [2.45, 2.75) is 32.6 Å². The second-order valence-electron chi connectivity index (χ2n) is 6.66. The van der Waals surface area contributed by atoms with Crippen molar-refractivity contribution in [3.63, 3.8) is 0 Å². The Kier molecular flexibility index (Phi) is 7.04. The van der Waals surface area contributed by atoms with E-state index in [1.54, 1.807) is 0 Å². The molecule has 1 saturated heterocycles. The van der Waals surface area contributed by atoms with E-state index >= 15 is 0 Å². The number of aryl methyl sites for hydroxylation is 1. The summed E-state index contributed by atoms with van der Waals surface area (Å²) in [6.45, 7) is 4.75. The molecule has 1 N–H and O–H groups in total. The molecule has 2 aromatic rings. The van der Waals surface area contributed by atoms with E-state index < -0.39 is 0 Å². The van der Waals surface area contributed by atoms with Gasteiger partial charge in [-0.25, -0.2) is 4.98 Å². The summed E-state index contributed by atoms with van der Waals surface area (Å²) in [6.07, 6.45) is 4.04. The van der Waals surface area contributed by atoms with Crippen LogP contribution in [0.4, 0.5) is 5.82 Å². The van der Waals surface area contributed by atoms with Crippen LogP contribution in [-0.2, 0) is 11.2 Å². The van der Waals surface area contributed by atoms with Gasteiger partial charge in [-0.1, -0.05) is 28.1 Å². The van der Waals surface area contributed by atoms with Crippen LogP contribution in [0.1, 0.15) is 30.7 Å². The second kappa shape index (κ2) is 9.69. The Morgan fingerprint density at radius 2 is 1.93 bits per heavy atom. The number of nitrogens with zero attached hydrogens (tertiary/aromatic N) is 3. The van der Waals surface area contributed by atoms with Crippen molar-refractivity contribution >= 4 is 27.7 Å². The van der Waals surface area contributed by atoms with Crippen LogP contribution in [0.25, 0.3) is 0 Å². The number of anilines is 1. The molecule has 0 radical (unpaired) electrons. The predicted octanol–water partition coefficient (Wildman–Crippen LogP) is 3.28. The topological polar surface area (TPSA) is 67.3 Å². The van der Waals surface area contributed by atoms with E-state index in [0.717, 1.165) is 28.9 Å². The number of amides is 1. The van der Waals surface area contributed by atoms with Gasteiger partial charge in [0.25, 0.3) is 0 Å².